The van der Waals surface area contributed by atoms with E-state index in [1.807, 2.05) is 7.05 Å². The molecule has 0 spiro atoms. The smallest absolute Gasteiger partial charge is 0.264 e. The molecule has 1 N–H and O–H groups in total. The Labute approximate surface area is 125 Å². The molecule has 0 atom stereocenters. The van der Waals surface area contributed by atoms with Gasteiger partial charge in [-0.3, -0.25) is 4.79 Å². The fraction of sp³-hybridized carbons (Fsp3) is 0.688. The van der Waals surface area contributed by atoms with Gasteiger partial charge in [-0.1, -0.05) is 0 Å². The van der Waals surface area contributed by atoms with Crippen molar-refractivity contribution in [2.45, 2.75) is 38.0 Å². The summed E-state index contributed by atoms with van der Waals surface area (Å²) in [5, 5.41) is 5.30. The second kappa shape index (κ2) is 6.27. The molecular formula is C16H24N2OS. The summed E-state index contributed by atoms with van der Waals surface area (Å²) in [6, 6.07) is 2.16. The normalized spacial score (nSPS) is 20.4. The number of thiophene rings is 1. The van der Waals surface area contributed by atoms with Crippen molar-refractivity contribution in [3.63, 3.8) is 0 Å². The van der Waals surface area contributed by atoms with Gasteiger partial charge in [-0.05, 0) is 74.5 Å². The maximum atomic E-state index is 12.7. The number of hydrogen-bond donors (Lipinski definition) is 1. The molecule has 1 saturated carbocycles. The Morgan fingerprint density at radius 2 is 2.10 bits per heavy atom. The number of rotatable bonds is 5. The van der Waals surface area contributed by atoms with E-state index in [-0.39, 0.29) is 5.91 Å². The first-order valence-corrected chi connectivity index (χ1v) is 8.69. The van der Waals surface area contributed by atoms with Gasteiger partial charge in [0.1, 0.15) is 0 Å². The largest absolute Gasteiger partial charge is 0.338 e. The highest BCUT2D eigenvalue weighted by Gasteiger charge is 2.31. The topological polar surface area (TPSA) is 32.3 Å². The minimum atomic E-state index is 0.286. The van der Waals surface area contributed by atoms with E-state index in [1.54, 1.807) is 11.3 Å². The van der Waals surface area contributed by atoms with E-state index in [0.717, 1.165) is 43.3 Å². The van der Waals surface area contributed by atoms with Crippen LogP contribution in [0, 0.1) is 5.92 Å². The molecule has 1 aliphatic heterocycles. The van der Waals surface area contributed by atoms with E-state index < -0.39 is 0 Å². The van der Waals surface area contributed by atoms with E-state index >= 15 is 0 Å². The molecule has 1 aliphatic carbocycles. The van der Waals surface area contributed by atoms with Gasteiger partial charge in [-0.25, -0.2) is 0 Å². The zero-order chi connectivity index (χ0) is 13.9. The summed E-state index contributed by atoms with van der Waals surface area (Å²) < 4.78 is 0. The maximum Gasteiger partial charge on any atom is 0.264 e. The van der Waals surface area contributed by atoms with Gasteiger partial charge in [0.25, 0.3) is 5.91 Å². The second-order valence-corrected chi connectivity index (χ2v) is 7.02. The molecule has 20 heavy (non-hydrogen) atoms. The van der Waals surface area contributed by atoms with E-state index in [2.05, 4.69) is 21.7 Å². The highest BCUT2D eigenvalue weighted by atomic mass is 32.1. The van der Waals surface area contributed by atoms with Crippen LogP contribution in [0.25, 0.3) is 0 Å². The highest BCUT2D eigenvalue weighted by Crippen LogP contribution is 2.43. The van der Waals surface area contributed by atoms with E-state index in [4.69, 9.17) is 0 Å². The zero-order valence-corrected chi connectivity index (χ0v) is 13.0. The molecule has 2 aliphatic rings. The van der Waals surface area contributed by atoms with Gasteiger partial charge in [-0.15, -0.1) is 11.3 Å². The summed E-state index contributed by atoms with van der Waals surface area (Å²) in [6.45, 7) is 2.97. The van der Waals surface area contributed by atoms with Crippen LogP contribution in [0.15, 0.2) is 11.4 Å². The number of carbonyl (C=O) groups is 1. The Kier molecular flexibility index (Phi) is 4.41. The third kappa shape index (κ3) is 3.07. The van der Waals surface area contributed by atoms with Crippen molar-refractivity contribution in [1.29, 1.82) is 0 Å². The zero-order valence-electron chi connectivity index (χ0n) is 12.2. The van der Waals surface area contributed by atoms with Crippen molar-refractivity contribution in [1.82, 2.24) is 10.2 Å². The lowest BCUT2D eigenvalue weighted by molar-refractivity contribution is 0.0691. The number of likely N-dealkylation sites (tertiary alicyclic amines) is 1. The van der Waals surface area contributed by atoms with Crippen molar-refractivity contribution in [3.8, 4) is 0 Å². The Balaban J connectivity index is 1.57. The number of amides is 1. The van der Waals surface area contributed by atoms with Gasteiger partial charge >= 0.3 is 0 Å². The summed E-state index contributed by atoms with van der Waals surface area (Å²) in [7, 11) is 2.01. The molecule has 2 fully saturated rings. The van der Waals surface area contributed by atoms with Crippen LogP contribution in [-0.2, 0) is 0 Å². The Morgan fingerprint density at radius 1 is 1.35 bits per heavy atom. The van der Waals surface area contributed by atoms with Crippen LogP contribution in [0.1, 0.15) is 53.3 Å². The molecule has 0 aromatic carbocycles. The highest BCUT2D eigenvalue weighted by molar-refractivity contribution is 7.12. The number of piperidine rings is 1. The molecular weight excluding hydrogens is 268 g/mol. The lowest BCUT2D eigenvalue weighted by Crippen LogP contribution is -2.38. The van der Waals surface area contributed by atoms with E-state index in [1.165, 1.54) is 24.8 Å². The summed E-state index contributed by atoms with van der Waals surface area (Å²) in [6.07, 6.45) is 6.10. The molecule has 3 nitrogen and oxygen atoms in total. The van der Waals surface area contributed by atoms with Crippen LogP contribution in [0.3, 0.4) is 0 Å². The predicted molar refractivity (Wildman–Crippen MR) is 83.5 cm³/mol. The minimum Gasteiger partial charge on any atom is -0.338 e. The van der Waals surface area contributed by atoms with Crippen LogP contribution in [-0.4, -0.2) is 37.5 Å². The molecule has 110 valence electrons. The first-order valence-electron chi connectivity index (χ1n) is 7.81. The second-order valence-electron chi connectivity index (χ2n) is 6.11. The Hall–Kier alpha value is -0.870. The SMILES string of the molecule is CNCCC1CCN(C(=O)c2sccc2C2CC2)CC1. The van der Waals surface area contributed by atoms with Gasteiger partial charge < -0.3 is 10.2 Å². The lowest BCUT2D eigenvalue weighted by Gasteiger charge is -2.32. The quantitative estimate of drug-likeness (QED) is 0.904. The molecule has 2 heterocycles. The van der Waals surface area contributed by atoms with Crippen molar-refractivity contribution >= 4 is 17.2 Å². The van der Waals surface area contributed by atoms with Gasteiger partial charge in [-0.2, -0.15) is 0 Å². The van der Waals surface area contributed by atoms with Crippen LogP contribution in [0.4, 0.5) is 0 Å². The molecule has 1 aromatic rings. The maximum absolute atomic E-state index is 12.7. The van der Waals surface area contributed by atoms with Crippen molar-refractivity contribution in [3.05, 3.63) is 21.9 Å². The van der Waals surface area contributed by atoms with Crippen molar-refractivity contribution in [2.75, 3.05) is 26.7 Å². The lowest BCUT2D eigenvalue weighted by atomic mass is 9.93. The van der Waals surface area contributed by atoms with Gasteiger partial charge in [0, 0.05) is 13.1 Å². The molecule has 3 rings (SSSR count). The molecule has 1 saturated heterocycles. The van der Waals surface area contributed by atoms with E-state index in [9.17, 15) is 4.79 Å². The van der Waals surface area contributed by atoms with Crippen LogP contribution in [0.2, 0.25) is 0 Å². The fourth-order valence-corrected chi connectivity index (χ4v) is 4.08. The molecule has 1 amide bonds. The number of nitrogens with one attached hydrogen (secondary N) is 1. The number of hydrogen-bond acceptors (Lipinski definition) is 3. The van der Waals surface area contributed by atoms with Gasteiger partial charge in [0.15, 0.2) is 0 Å². The summed E-state index contributed by atoms with van der Waals surface area (Å²) >= 11 is 1.63. The summed E-state index contributed by atoms with van der Waals surface area (Å²) in [4.78, 5) is 15.8. The average molecular weight is 292 g/mol. The van der Waals surface area contributed by atoms with Crippen LogP contribution >= 0.6 is 11.3 Å². The van der Waals surface area contributed by atoms with Crippen LogP contribution in [0.5, 0.6) is 0 Å². The fourth-order valence-electron chi connectivity index (χ4n) is 3.13. The Morgan fingerprint density at radius 3 is 2.75 bits per heavy atom. The standard InChI is InChI=1S/C16H24N2OS/c1-17-8-4-12-5-9-18(10-6-12)16(19)15-14(7-11-20-15)13-2-3-13/h7,11-13,17H,2-6,8-10H2,1H3. The minimum absolute atomic E-state index is 0.286. The van der Waals surface area contributed by atoms with Gasteiger partial charge in [0.05, 0.1) is 4.88 Å². The number of nitrogens with zero attached hydrogens (tertiary/aromatic N) is 1. The molecule has 4 heteroatoms. The van der Waals surface area contributed by atoms with Crippen molar-refractivity contribution in [2.24, 2.45) is 5.92 Å². The van der Waals surface area contributed by atoms with E-state index in [0.29, 0.717) is 5.92 Å². The third-order valence-corrected chi connectivity index (χ3v) is 5.53. The predicted octanol–water partition coefficient (Wildman–Crippen LogP) is 3.09. The van der Waals surface area contributed by atoms with Crippen molar-refractivity contribution < 1.29 is 4.79 Å². The van der Waals surface area contributed by atoms with Crippen LogP contribution < -0.4 is 5.32 Å². The monoisotopic (exact) mass is 292 g/mol. The molecule has 0 unspecified atom stereocenters. The average Bonchev–Trinajstić information content (AvgIpc) is 3.22. The van der Waals surface area contributed by atoms with Gasteiger partial charge in [0.2, 0.25) is 0 Å². The summed E-state index contributed by atoms with van der Waals surface area (Å²) in [5.41, 5.74) is 1.32. The molecule has 0 radical (unpaired) electrons. The third-order valence-electron chi connectivity index (χ3n) is 4.61. The molecule has 1 aromatic heterocycles. The Bertz CT molecular complexity index is 459. The first kappa shape index (κ1) is 14.1. The molecule has 0 bridgehead atoms. The summed E-state index contributed by atoms with van der Waals surface area (Å²) in [5.74, 6) is 1.75. The number of carbonyl (C=O) groups excluding carboxylic acids is 1. The first-order chi connectivity index (χ1) is 9.79.